The summed E-state index contributed by atoms with van der Waals surface area (Å²) in [6.45, 7) is 13.3. The summed E-state index contributed by atoms with van der Waals surface area (Å²) in [7, 11) is 0. The molecule has 0 aliphatic rings. The fourth-order valence-electron chi connectivity index (χ4n) is 6.07. The second-order valence-electron chi connectivity index (χ2n) is 13.5. The van der Waals surface area contributed by atoms with Crippen LogP contribution in [0.3, 0.4) is 0 Å². The van der Waals surface area contributed by atoms with Gasteiger partial charge in [-0.2, -0.15) is 0 Å². The molecule has 0 aliphatic carbocycles. The number of nitrogens with zero attached hydrogens (tertiary/aromatic N) is 1. The molecule has 0 rings (SSSR count). The van der Waals surface area contributed by atoms with Gasteiger partial charge in [0.25, 0.3) is 0 Å². The topological polar surface area (TPSA) is 76.1 Å². The molecule has 0 fully saturated rings. The number of aliphatic hydroxyl groups is 1. The van der Waals surface area contributed by atoms with Crippen LogP contribution in [-0.4, -0.2) is 61.4 Å². The molecular weight excluding hydrogens is 562 g/mol. The van der Waals surface area contributed by atoms with Crippen molar-refractivity contribution in [3.63, 3.8) is 0 Å². The number of hydrogen-bond donors (Lipinski definition) is 1. The molecule has 2 atom stereocenters. The van der Waals surface area contributed by atoms with Gasteiger partial charge in [-0.1, -0.05) is 118 Å². The van der Waals surface area contributed by atoms with Crippen LogP contribution in [0.4, 0.5) is 0 Å². The predicted molar refractivity (Wildman–Crippen MR) is 191 cm³/mol. The smallest absolute Gasteiger partial charge is 0.308 e. The van der Waals surface area contributed by atoms with Crippen molar-refractivity contribution in [3.8, 4) is 0 Å². The summed E-state index contributed by atoms with van der Waals surface area (Å²) in [5.74, 6) is 0.228. The second-order valence-corrected chi connectivity index (χ2v) is 13.5. The molecule has 0 aromatic heterocycles. The van der Waals surface area contributed by atoms with Crippen molar-refractivity contribution in [1.82, 2.24) is 4.90 Å². The quantitative estimate of drug-likeness (QED) is 0.0549. The van der Waals surface area contributed by atoms with E-state index in [0.29, 0.717) is 13.2 Å². The van der Waals surface area contributed by atoms with Gasteiger partial charge in [0.15, 0.2) is 0 Å². The van der Waals surface area contributed by atoms with Gasteiger partial charge in [0.05, 0.1) is 25.0 Å². The van der Waals surface area contributed by atoms with Crippen LogP contribution in [0.5, 0.6) is 0 Å². The minimum Gasteiger partial charge on any atom is -0.465 e. The molecule has 0 aromatic rings. The number of ether oxygens (including phenoxy) is 2. The summed E-state index contributed by atoms with van der Waals surface area (Å²) >= 11 is 0. The molecule has 6 nitrogen and oxygen atoms in total. The van der Waals surface area contributed by atoms with Gasteiger partial charge in [-0.15, -0.1) is 0 Å². The van der Waals surface area contributed by atoms with Crippen LogP contribution in [0.1, 0.15) is 188 Å². The lowest BCUT2D eigenvalue weighted by molar-refractivity contribution is -0.150. The van der Waals surface area contributed by atoms with Crippen molar-refractivity contribution in [1.29, 1.82) is 0 Å². The van der Waals surface area contributed by atoms with E-state index >= 15 is 0 Å². The molecular formula is C39H77NO5. The molecule has 0 spiro atoms. The third-order valence-electron chi connectivity index (χ3n) is 9.15. The third kappa shape index (κ3) is 27.7. The molecule has 0 radical (unpaired) electrons. The Labute approximate surface area is 280 Å². The molecule has 0 saturated carbocycles. The lowest BCUT2D eigenvalue weighted by Gasteiger charge is -2.22. The van der Waals surface area contributed by atoms with E-state index < -0.39 is 0 Å². The molecule has 1 N–H and O–H groups in total. The van der Waals surface area contributed by atoms with E-state index in [1.54, 1.807) is 0 Å². The van der Waals surface area contributed by atoms with Crippen LogP contribution < -0.4 is 0 Å². The summed E-state index contributed by atoms with van der Waals surface area (Å²) in [6, 6.07) is 0. The van der Waals surface area contributed by atoms with Gasteiger partial charge in [0.2, 0.25) is 0 Å². The Hall–Kier alpha value is -1.14. The number of hydrogen-bond acceptors (Lipinski definition) is 6. The van der Waals surface area contributed by atoms with Crippen molar-refractivity contribution in [2.75, 3.05) is 39.5 Å². The van der Waals surface area contributed by atoms with E-state index in [4.69, 9.17) is 9.47 Å². The van der Waals surface area contributed by atoms with Gasteiger partial charge in [-0.05, 0) is 90.3 Å². The molecule has 45 heavy (non-hydrogen) atoms. The van der Waals surface area contributed by atoms with Crippen molar-refractivity contribution < 1.29 is 24.2 Å². The number of aliphatic hydroxyl groups excluding tert-OH is 1. The van der Waals surface area contributed by atoms with E-state index in [-0.39, 0.29) is 30.4 Å². The van der Waals surface area contributed by atoms with Crippen LogP contribution in [0.2, 0.25) is 0 Å². The van der Waals surface area contributed by atoms with Crippen LogP contribution in [0, 0.1) is 11.8 Å². The maximum atomic E-state index is 12.7. The maximum absolute atomic E-state index is 12.7. The van der Waals surface area contributed by atoms with Gasteiger partial charge in [-0.25, -0.2) is 0 Å². The predicted octanol–water partition coefficient (Wildman–Crippen LogP) is 10.4. The van der Waals surface area contributed by atoms with Gasteiger partial charge >= 0.3 is 11.9 Å². The summed E-state index contributed by atoms with van der Waals surface area (Å²) < 4.78 is 11.4. The largest absolute Gasteiger partial charge is 0.465 e. The minimum atomic E-state index is 0.0269. The molecule has 0 heterocycles. The summed E-state index contributed by atoms with van der Waals surface area (Å²) in [6.07, 6.45) is 27.4. The fourth-order valence-corrected chi connectivity index (χ4v) is 6.07. The number of carbonyl (C=O) groups is 2. The van der Waals surface area contributed by atoms with Crippen molar-refractivity contribution in [2.45, 2.75) is 188 Å². The Morgan fingerprint density at radius 2 is 0.822 bits per heavy atom. The third-order valence-corrected chi connectivity index (χ3v) is 9.15. The van der Waals surface area contributed by atoms with Crippen molar-refractivity contribution >= 4 is 11.9 Å². The van der Waals surface area contributed by atoms with Crippen LogP contribution in [0.25, 0.3) is 0 Å². The Kier molecular flexibility index (Phi) is 33.3. The lowest BCUT2D eigenvalue weighted by Crippen LogP contribution is -2.27. The molecule has 268 valence electrons. The monoisotopic (exact) mass is 640 g/mol. The van der Waals surface area contributed by atoms with E-state index in [9.17, 15) is 14.7 Å². The molecule has 2 unspecified atom stereocenters. The molecule has 0 saturated heterocycles. The summed E-state index contributed by atoms with van der Waals surface area (Å²) in [4.78, 5) is 27.9. The Morgan fingerprint density at radius 3 is 1.24 bits per heavy atom. The standard InChI is InChI=1S/C39H77NO5/c1-5-9-13-18-28-36(26-11-7-3)38(42)44-34-24-16-15-20-30-40(32-22-23-33-41)31-21-17-25-35-45-39(43)37(27-12-8-4)29-19-14-10-6-2/h36-37,41H,5-35H2,1-4H3. The number of rotatable bonds is 35. The van der Waals surface area contributed by atoms with Crippen molar-refractivity contribution in [2.24, 2.45) is 11.8 Å². The van der Waals surface area contributed by atoms with Crippen LogP contribution >= 0.6 is 0 Å². The highest BCUT2D eigenvalue weighted by Crippen LogP contribution is 2.20. The zero-order valence-corrected chi connectivity index (χ0v) is 30.6. The first-order chi connectivity index (χ1) is 22.0. The minimum absolute atomic E-state index is 0.0269. The highest BCUT2D eigenvalue weighted by atomic mass is 16.5. The van der Waals surface area contributed by atoms with Crippen molar-refractivity contribution in [3.05, 3.63) is 0 Å². The molecule has 6 heteroatoms. The zero-order chi connectivity index (χ0) is 33.2. The van der Waals surface area contributed by atoms with Crippen LogP contribution in [-0.2, 0) is 19.1 Å². The highest BCUT2D eigenvalue weighted by Gasteiger charge is 2.20. The zero-order valence-electron chi connectivity index (χ0n) is 30.6. The average Bonchev–Trinajstić information content (AvgIpc) is 3.04. The lowest BCUT2D eigenvalue weighted by atomic mass is 9.95. The Balaban J connectivity index is 4.24. The van der Waals surface area contributed by atoms with Crippen LogP contribution in [0.15, 0.2) is 0 Å². The number of esters is 2. The second kappa shape index (κ2) is 34.2. The normalized spacial score (nSPS) is 12.8. The SMILES string of the molecule is CCCCCCC(CCCC)C(=O)OCCCCCCN(CCCCO)CCCCCOC(=O)C(CCCC)CCCCCC. The van der Waals surface area contributed by atoms with Gasteiger partial charge in [0, 0.05) is 6.61 Å². The van der Waals surface area contributed by atoms with E-state index in [2.05, 4.69) is 32.6 Å². The Morgan fingerprint density at radius 1 is 0.467 bits per heavy atom. The fraction of sp³-hybridized carbons (Fsp3) is 0.949. The van der Waals surface area contributed by atoms with E-state index in [1.165, 1.54) is 38.5 Å². The maximum Gasteiger partial charge on any atom is 0.308 e. The van der Waals surface area contributed by atoms with E-state index in [1.807, 2.05) is 0 Å². The molecule has 0 bridgehead atoms. The van der Waals surface area contributed by atoms with E-state index in [0.717, 1.165) is 142 Å². The number of unbranched alkanes of at least 4 members (excludes halogenated alkanes) is 14. The first-order valence-corrected chi connectivity index (χ1v) is 19.7. The van der Waals surface area contributed by atoms with Gasteiger partial charge < -0.3 is 19.5 Å². The number of carbonyl (C=O) groups excluding carboxylic acids is 2. The molecule has 0 aromatic carbocycles. The summed E-state index contributed by atoms with van der Waals surface area (Å²) in [5.41, 5.74) is 0. The molecule has 0 aliphatic heterocycles. The van der Waals surface area contributed by atoms with Gasteiger partial charge in [-0.3, -0.25) is 9.59 Å². The Bertz CT molecular complexity index is 643. The molecule has 0 amide bonds. The first kappa shape index (κ1) is 43.9. The highest BCUT2D eigenvalue weighted by molar-refractivity contribution is 5.72. The van der Waals surface area contributed by atoms with Gasteiger partial charge in [0.1, 0.15) is 0 Å². The summed E-state index contributed by atoms with van der Waals surface area (Å²) in [5, 5.41) is 9.24. The average molecular weight is 640 g/mol. The first-order valence-electron chi connectivity index (χ1n) is 19.7.